The van der Waals surface area contributed by atoms with Gasteiger partial charge in [0, 0.05) is 40.5 Å². The van der Waals surface area contributed by atoms with Crippen LogP contribution in [0.1, 0.15) is 55.6 Å². The van der Waals surface area contributed by atoms with Crippen LogP contribution < -0.4 is 20.2 Å². The highest BCUT2D eigenvalue weighted by molar-refractivity contribution is 5.83. The maximum absolute atomic E-state index is 4.27. The predicted octanol–water partition coefficient (Wildman–Crippen LogP) is 14.0. The van der Waals surface area contributed by atoms with E-state index in [0.717, 1.165) is 61.3 Å². The van der Waals surface area contributed by atoms with Crippen molar-refractivity contribution in [2.24, 2.45) is 5.92 Å². The van der Waals surface area contributed by atoms with Gasteiger partial charge >= 0.3 is 0 Å². The molecule has 2 nitrogen and oxygen atoms in total. The summed E-state index contributed by atoms with van der Waals surface area (Å²) in [6.45, 7) is 16.1. The molecule has 2 atom stereocenters. The maximum Gasteiger partial charge on any atom is 0.0530 e. The molecule has 0 amide bonds. The first-order chi connectivity index (χ1) is 29.6. The van der Waals surface area contributed by atoms with Gasteiger partial charge in [-0.15, -0.1) is 13.2 Å². The second-order valence-corrected chi connectivity index (χ2v) is 15.2. The molecule has 298 valence electrons. The van der Waals surface area contributed by atoms with Crippen molar-refractivity contribution in [1.29, 1.82) is 0 Å². The number of hydrogen-bond donors (Lipinski definition) is 0. The Hall–Kier alpha value is -6.90. The molecule has 2 unspecified atom stereocenters. The first-order valence-electron chi connectivity index (χ1n) is 21.2. The highest BCUT2D eigenvalue weighted by Crippen LogP contribution is 2.41. The molecule has 3 aliphatic rings. The van der Waals surface area contributed by atoms with Crippen LogP contribution in [-0.4, -0.2) is 0 Å². The first kappa shape index (κ1) is 41.3. The van der Waals surface area contributed by atoms with Crippen molar-refractivity contribution in [2.75, 3.05) is 9.80 Å². The Morgan fingerprint density at radius 3 is 2.22 bits per heavy atom. The molecule has 0 bridgehead atoms. The molecule has 0 heterocycles. The van der Waals surface area contributed by atoms with Gasteiger partial charge in [-0.3, -0.25) is 0 Å². The molecule has 60 heavy (non-hydrogen) atoms. The zero-order valence-electron chi connectivity index (χ0n) is 34.8. The van der Waals surface area contributed by atoms with E-state index in [1.54, 1.807) is 0 Å². The lowest BCUT2D eigenvalue weighted by molar-refractivity contribution is 0.836. The van der Waals surface area contributed by atoms with Gasteiger partial charge in [0.2, 0.25) is 0 Å². The van der Waals surface area contributed by atoms with Gasteiger partial charge in [0.1, 0.15) is 0 Å². The zero-order valence-corrected chi connectivity index (χ0v) is 34.8. The van der Waals surface area contributed by atoms with E-state index in [0.29, 0.717) is 5.92 Å². The molecule has 3 aliphatic carbocycles. The third kappa shape index (κ3) is 9.85. The van der Waals surface area contributed by atoms with E-state index in [1.807, 2.05) is 36.5 Å². The lowest BCUT2D eigenvalue weighted by Crippen LogP contribution is -2.27. The molecule has 4 aromatic carbocycles. The van der Waals surface area contributed by atoms with Gasteiger partial charge in [-0.1, -0.05) is 159 Å². The van der Waals surface area contributed by atoms with Gasteiger partial charge < -0.3 is 9.80 Å². The van der Waals surface area contributed by atoms with Crippen LogP contribution in [0.2, 0.25) is 0 Å². The van der Waals surface area contributed by atoms with Crippen molar-refractivity contribution in [1.82, 2.24) is 0 Å². The summed E-state index contributed by atoms with van der Waals surface area (Å²) in [5.41, 5.74) is 12.3. The summed E-state index contributed by atoms with van der Waals surface area (Å²) in [4.78, 5) is 4.67. The molecule has 0 N–H and O–H groups in total. The molecule has 0 radical (unpaired) electrons. The van der Waals surface area contributed by atoms with Gasteiger partial charge in [-0.2, -0.15) is 0 Å². The van der Waals surface area contributed by atoms with Gasteiger partial charge in [0.05, 0.1) is 5.69 Å². The minimum Gasteiger partial charge on any atom is -0.317 e. The van der Waals surface area contributed by atoms with Crippen LogP contribution in [0.4, 0.5) is 17.1 Å². The Morgan fingerprint density at radius 1 is 0.717 bits per heavy atom. The van der Waals surface area contributed by atoms with E-state index >= 15 is 0 Å². The monoisotopic (exact) mass is 780 g/mol. The van der Waals surface area contributed by atoms with Crippen LogP contribution in [0, 0.1) is 5.92 Å². The number of rotatable bonds is 17. The Labute approximate surface area is 358 Å². The first-order valence-corrected chi connectivity index (χ1v) is 21.2. The van der Waals surface area contributed by atoms with Crippen LogP contribution in [0.15, 0.2) is 243 Å². The summed E-state index contributed by atoms with van der Waals surface area (Å²) < 4.78 is 0. The molecule has 2 heteroatoms. The third-order valence-corrected chi connectivity index (χ3v) is 11.4. The molecule has 0 saturated heterocycles. The Bertz CT molecular complexity index is 2560. The van der Waals surface area contributed by atoms with Crippen LogP contribution >= 0.6 is 0 Å². The minimum atomic E-state index is 0.235. The third-order valence-electron chi connectivity index (χ3n) is 11.4. The quantitative estimate of drug-likeness (QED) is 0.0778. The molecule has 0 spiro atoms. The van der Waals surface area contributed by atoms with Crippen molar-refractivity contribution in [2.45, 2.75) is 44.4 Å². The number of fused-ring (bicyclic) bond motifs is 1. The SMILES string of the molecule is C=C/C=C\C=C\N(c1ccc(C2C=c3ccccc3=CC2)cc1)c1ccccc1C1=CC=C(C2=C(N(/C(C=C)=C/C=C/C(C=C)CC=C)c3ccccc3)C=CCC2)CC1. The minimum absolute atomic E-state index is 0.235. The van der Waals surface area contributed by atoms with Crippen LogP contribution in [0.3, 0.4) is 0 Å². The standard InChI is InChI=1S/C58H56N2/c1-5-9-10-20-43-59(53-41-39-47(40-42-53)51-38-33-46-24-14-15-25-50(46)44-51)57-31-18-16-29-55(57)48-34-36-49(37-35-48)56-30-17-19-32-58(56)60(54-26-12-11-13-27-54)52(8-4)28-21-23-45(7-3)22-6-2/h5-16,18-21,23-29,31-34,36,39-45,51H,1-4,17,22,30,35,37-38H2/b10-9-,23-21+,43-20+,52-28+. The lowest BCUT2D eigenvalue weighted by Gasteiger charge is -2.32. The van der Waals surface area contributed by atoms with Gasteiger partial charge in [0.15, 0.2) is 0 Å². The summed E-state index contributed by atoms with van der Waals surface area (Å²) in [5.74, 6) is 0.594. The topological polar surface area (TPSA) is 6.48 Å². The molecular weight excluding hydrogens is 725 g/mol. The number of allylic oxidation sites excluding steroid dienone is 17. The van der Waals surface area contributed by atoms with E-state index in [2.05, 4.69) is 206 Å². The van der Waals surface area contributed by atoms with E-state index in [1.165, 1.54) is 44.0 Å². The second kappa shape index (κ2) is 20.7. The molecule has 0 aliphatic heterocycles. The van der Waals surface area contributed by atoms with Crippen molar-refractivity contribution < 1.29 is 0 Å². The Kier molecular flexibility index (Phi) is 14.2. The van der Waals surface area contributed by atoms with Gasteiger partial charge in [0.25, 0.3) is 0 Å². The Balaban J connectivity index is 1.23. The number of hydrogen-bond acceptors (Lipinski definition) is 2. The highest BCUT2D eigenvalue weighted by atomic mass is 15.2. The van der Waals surface area contributed by atoms with Crippen LogP contribution in [0.25, 0.3) is 17.7 Å². The number of benzene rings is 4. The van der Waals surface area contributed by atoms with E-state index in [4.69, 9.17) is 0 Å². The largest absolute Gasteiger partial charge is 0.317 e. The van der Waals surface area contributed by atoms with Crippen LogP contribution in [-0.2, 0) is 0 Å². The van der Waals surface area contributed by atoms with Gasteiger partial charge in [-0.05, 0) is 132 Å². The second-order valence-electron chi connectivity index (χ2n) is 15.2. The Morgan fingerprint density at radius 2 is 1.47 bits per heavy atom. The fourth-order valence-electron chi connectivity index (χ4n) is 8.32. The fourth-order valence-corrected chi connectivity index (χ4v) is 8.32. The number of anilines is 3. The summed E-state index contributed by atoms with van der Waals surface area (Å²) >= 11 is 0. The number of nitrogens with zero attached hydrogens (tertiary/aromatic N) is 2. The predicted molar refractivity (Wildman–Crippen MR) is 261 cm³/mol. The summed E-state index contributed by atoms with van der Waals surface area (Å²) in [5, 5.41) is 2.64. The van der Waals surface area contributed by atoms with Crippen molar-refractivity contribution in [3.05, 3.63) is 265 Å². The highest BCUT2D eigenvalue weighted by Gasteiger charge is 2.24. The normalized spacial score (nSPS) is 17.0. The summed E-state index contributed by atoms with van der Waals surface area (Å²) in [7, 11) is 0. The molecule has 0 fully saturated rings. The molecule has 0 saturated carbocycles. The van der Waals surface area contributed by atoms with Crippen LogP contribution in [0.5, 0.6) is 0 Å². The van der Waals surface area contributed by atoms with E-state index in [9.17, 15) is 0 Å². The van der Waals surface area contributed by atoms with Crippen molar-refractivity contribution in [3.63, 3.8) is 0 Å². The average Bonchev–Trinajstić information content (AvgIpc) is 3.31. The smallest absolute Gasteiger partial charge is 0.0530 e. The van der Waals surface area contributed by atoms with E-state index in [-0.39, 0.29) is 5.92 Å². The number of para-hydroxylation sites is 2. The molecule has 0 aromatic heterocycles. The fraction of sp³-hybridized carbons (Fsp3) is 0.138. The van der Waals surface area contributed by atoms with Crippen molar-refractivity contribution in [3.8, 4) is 0 Å². The summed E-state index contributed by atoms with van der Waals surface area (Å²) in [6.07, 6.45) is 42.2. The van der Waals surface area contributed by atoms with Gasteiger partial charge in [-0.25, -0.2) is 0 Å². The molecular formula is C58H56N2. The zero-order chi connectivity index (χ0) is 41.5. The van der Waals surface area contributed by atoms with E-state index < -0.39 is 0 Å². The maximum atomic E-state index is 4.27. The molecule has 4 aromatic rings. The lowest BCUT2D eigenvalue weighted by atomic mass is 9.85. The average molecular weight is 781 g/mol. The summed E-state index contributed by atoms with van der Waals surface area (Å²) in [6, 6.07) is 37.2. The van der Waals surface area contributed by atoms with Crippen molar-refractivity contribution >= 4 is 34.8 Å². The molecule has 7 rings (SSSR count).